The summed E-state index contributed by atoms with van der Waals surface area (Å²) in [5.41, 5.74) is 4.67. The van der Waals surface area contributed by atoms with Crippen LogP contribution in [-0.2, 0) is 10.9 Å². The summed E-state index contributed by atoms with van der Waals surface area (Å²) < 4.78 is 43.0. The number of hydrogen-bond acceptors (Lipinski definition) is 4. The van der Waals surface area contributed by atoms with Gasteiger partial charge in [0.2, 0.25) is 0 Å². The highest BCUT2D eigenvalue weighted by Crippen LogP contribution is 2.35. The third kappa shape index (κ3) is 3.52. The first kappa shape index (κ1) is 13.5. The molecule has 1 aromatic rings. The van der Waals surface area contributed by atoms with Gasteiger partial charge < -0.3 is 10.5 Å². The van der Waals surface area contributed by atoms with Gasteiger partial charge in [0.05, 0.1) is 10.6 Å². The van der Waals surface area contributed by atoms with Crippen molar-refractivity contribution in [2.75, 3.05) is 18.9 Å². The molecule has 1 aromatic heterocycles. The number of aromatic nitrogens is 1. The smallest absolute Gasteiger partial charge is 0.384 e. The van der Waals surface area contributed by atoms with Crippen LogP contribution in [-0.4, -0.2) is 23.4 Å². The van der Waals surface area contributed by atoms with Crippen LogP contribution in [0.25, 0.3) is 0 Å². The maximum atomic E-state index is 12.6. The molecule has 0 unspecified atom stereocenters. The summed E-state index contributed by atoms with van der Waals surface area (Å²) >= 11 is 1.34. The molecule has 18 heavy (non-hydrogen) atoms. The minimum absolute atomic E-state index is 0.0978. The average molecular weight is 278 g/mol. The lowest BCUT2D eigenvalue weighted by Crippen LogP contribution is -2.17. The summed E-state index contributed by atoms with van der Waals surface area (Å²) in [5.74, 6) is -0.0978. The Hall–Kier alpha value is -0.950. The molecule has 3 nitrogen and oxygen atoms in total. The van der Waals surface area contributed by atoms with Crippen molar-refractivity contribution >= 4 is 17.6 Å². The van der Waals surface area contributed by atoms with E-state index in [0.717, 1.165) is 25.0 Å². The Morgan fingerprint density at radius 3 is 2.56 bits per heavy atom. The third-order valence-corrected chi connectivity index (χ3v) is 3.86. The van der Waals surface area contributed by atoms with Gasteiger partial charge in [0, 0.05) is 18.5 Å². The molecule has 2 N–H and O–H groups in total. The molecule has 0 spiro atoms. The molecular formula is C11H13F3N2OS. The predicted molar refractivity (Wildman–Crippen MR) is 63.3 cm³/mol. The standard InChI is InChI=1S/C11H13F3N2OS/c12-11(13,14)7-5-9(15)16-10(6-7)18-8-1-3-17-4-2-8/h5-6,8H,1-4H2,(H2,15,16). The fourth-order valence-corrected chi connectivity index (χ4v) is 2.84. The number of halogens is 3. The van der Waals surface area contributed by atoms with E-state index in [1.807, 2.05) is 0 Å². The quantitative estimate of drug-likeness (QED) is 0.903. The molecule has 0 atom stereocenters. The molecule has 0 amide bonds. The molecule has 0 aliphatic carbocycles. The summed E-state index contributed by atoms with van der Waals surface area (Å²) in [5, 5.41) is 0.573. The molecule has 1 aliphatic heterocycles. The van der Waals surface area contributed by atoms with E-state index in [1.165, 1.54) is 11.8 Å². The van der Waals surface area contributed by atoms with Crippen molar-refractivity contribution in [3.63, 3.8) is 0 Å². The van der Waals surface area contributed by atoms with Gasteiger partial charge in [-0.3, -0.25) is 0 Å². The molecule has 7 heteroatoms. The van der Waals surface area contributed by atoms with Gasteiger partial charge in [-0.1, -0.05) is 0 Å². The summed E-state index contributed by atoms with van der Waals surface area (Å²) in [6.45, 7) is 1.29. The average Bonchev–Trinajstić information content (AvgIpc) is 2.28. The lowest BCUT2D eigenvalue weighted by atomic mass is 10.2. The van der Waals surface area contributed by atoms with Crippen molar-refractivity contribution in [1.29, 1.82) is 0 Å². The second-order valence-corrected chi connectivity index (χ2v) is 5.37. The number of nitrogen functional groups attached to an aromatic ring is 1. The van der Waals surface area contributed by atoms with Crippen LogP contribution in [0, 0.1) is 0 Å². The molecule has 1 saturated heterocycles. The van der Waals surface area contributed by atoms with E-state index in [2.05, 4.69) is 4.98 Å². The third-order valence-electron chi connectivity index (χ3n) is 2.60. The minimum Gasteiger partial charge on any atom is -0.384 e. The minimum atomic E-state index is -4.39. The van der Waals surface area contributed by atoms with Gasteiger partial charge in [0.25, 0.3) is 0 Å². The molecule has 100 valence electrons. The fraction of sp³-hybridized carbons (Fsp3) is 0.545. The maximum absolute atomic E-state index is 12.6. The number of alkyl halides is 3. The number of ether oxygens (including phenoxy) is 1. The maximum Gasteiger partial charge on any atom is 0.416 e. The van der Waals surface area contributed by atoms with Crippen molar-refractivity contribution in [1.82, 2.24) is 4.98 Å². The number of pyridine rings is 1. The second-order valence-electron chi connectivity index (χ2n) is 4.05. The van der Waals surface area contributed by atoms with Gasteiger partial charge in [-0.15, -0.1) is 11.8 Å². The fourth-order valence-electron chi connectivity index (χ4n) is 1.71. The highest BCUT2D eigenvalue weighted by molar-refractivity contribution is 7.99. The van der Waals surface area contributed by atoms with Gasteiger partial charge in [-0.25, -0.2) is 4.98 Å². The van der Waals surface area contributed by atoms with E-state index >= 15 is 0 Å². The zero-order valence-electron chi connectivity index (χ0n) is 9.54. The molecule has 0 saturated carbocycles. The van der Waals surface area contributed by atoms with Crippen molar-refractivity contribution < 1.29 is 17.9 Å². The second kappa shape index (κ2) is 5.36. The van der Waals surface area contributed by atoms with Gasteiger partial charge in [-0.05, 0) is 25.0 Å². The van der Waals surface area contributed by atoms with Gasteiger partial charge in [-0.2, -0.15) is 13.2 Å². The predicted octanol–water partition coefficient (Wildman–Crippen LogP) is 2.95. The largest absolute Gasteiger partial charge is 0.416 e. The number of nitrogens with zero attached hydrogens (tertiary/aromatic N) is 1. The van der Waals surface area contributed by atoms with Crippen molar-refractivity contribution in [2.24, 2.45) is 0 Å². The summed E-state index contributed by atoms with van der Waals surface area (Å²) in [4.78, 5) is 3.94. The number of hydrogen-bond donors (Lipinski definition) is 1. The Balaban J connectivity index is 2.14. The Kier molecular flexibility index (Phi) is 4.01. The highest BCUT2D eigenvalue weighted by atomic mass is 32.2. The summed E-state index contributed by atoms with van der Waals surface area (Å²) in [7, 11) is 0. The van der Waals surface area contributed by atoms with Crippen LogP contribution in [0.2, 0.25) is 0 Å². The van der Waals surface area contributed by atoms with E-state index in [0.29, 0.717) is 18.2 Å². The van der Waals surface area contributed by atoms with Crippen LogP contribution >= 0.6 is 11.8 Å². The molecule has 0 bridgehead atoms. The SMILES string of the molecule is Nc1cc(C(F)(F)F)cc(SC2CCOCC2)n1. The number of rotatable bonds is 2. The van der Waals surface area contributed by atoms with Crippen LogP contribution in [0.1, 0.15) is 18.4 Å². The van der Waals surface area contributed by atoms with Crippen molar-refractivity contribution in [2.45, 2.75) is 29.3 Å². The number of thioether (sulfide) groups is 1. The van der Waals surface area contributed by atoms with E-state index in [-0.39, 0.29) is 11.1 Å². The zero-order chi connectivity index (χ0) is 13.2. The Morgan fingerprint density at radius 1 is 1.28 bits per heavy atom. The lowest BCUT2D eigenvalue weighted by Gasteiger charge is -2.21. The van der Waals surface area contributed by atoms with Gasteiger partial charge in [0.1, 0.15) is 5.82 Å². The van der Waals surface area contributed by atoms with Crippen LogP contribution in [0.4, 0.5) is 19.0 Å². The van der Waals surface area contributed by atoms with Gasteiger partial charge in [0.15, 0.2) is 0 Å². The molecule has 2 heterocycles. The lowest BCUT2D eigenvalue weighted by molar-refractivity contribution is -0.137. The first-order valence-electron chi connectivity index (χ1n) is 5.54. The summed E-state index contributed by atoms with van der Waals surface area (Å²) in [6.07, 6.45) is -2.74. The van der Waals surface area contributed by atoms with E-state index in [1.54, 1.807) is 0 Å². The van der Waals surface area contributed by atoms with Crippen LogP contribution < -0.4 is 5.73 Å². The first-order valence-corrected chi connectivity index (χ1v) is 6.42. The molecule has 1 aliphatic rings. The molecular weight excluding hydrogens is 265 g/mol. The molecule has 2 rings (SSSR count). The topological polar surface area (TPSA) is 48.1 Å². The molecule has 0 aromatic carbocycles. The zero-order valence-corrected chi connectivity index (χ0v) is 10.4. The van der Waals surface area contributed by atoms with Crippen LogP contribution in [0.15, 0.2) is 17.2 Å². The van der Waals surface area contributed by atoms with E-state index in [4.69, 9.17) is 10.5 Å². The highest BCUT2D eigenvalue weighted by Gasteiger charge is 2.31. The van der Waals surface area contributed by atoms with E-state index in [9.17, 15) is 13.2 Å². The normalized spacial score (nSPS) is 17.9. The van der Waals surface area contributed by atoms with Crippen molar-refractivity contribution in [3.05, 3.63) is 17.7 Å². The van der Waals surface area contributed by atoms with E-state index < -0.39 is 11.7 Å². The van der Waals surface area contributed by atoms with Gasteiger partial charge >= 0.3 is 6.18 Å². The monoisotopic (exact) mass is 278 g/mol. The Morgan fingerprint density at radius 2 is 1.94 bits per heavy atom. The summed E-state index contributed by atoms with van der Waals surface area (Å²) in [6, 6.07) is 1.91. The van der Waals surface area contributed by atoms with Crippen LogP contribution in [0.5, 0.6) is 0 Å². The van der Waals surface area contributed by atoms with Crippen molar-refractivity contribution in [3.8, 4) is 0 Å². The Labute approximate surface area is 107 Å². The molecule has 0 radical (unpaired) electrons. The first-order chi connectivity index (χ1) is 8.45. The number of nitrogens with two attached hydrogens (primary N) is 1. The molecule has 1 fully saturated rings. The number of anilines is 1. The van der Waals surface area contributed by atoms with Crippen LogP contribution in [0.3, 0.4) is 0 Å². The Bertz CT molecular complexity index is 419.